The van der Waals surface area contributed by atoms with E-state index in [1.165, 1.54) is 5.56 Å². The summed E-state index contributed by atoms with van der Waals surface area (Å²) >= 11 is 0. The molecule has 5 heteroatoms. The van der Waals surface area contributed by atoms with Gasteiger partial charge in [0.1, 0.15) is 12.4 Å². The lowest BCUT2D eigenvalue weighted by Crippen LogP contribution is -2.43. The van der Waals surface area contributed by atoms with E-state index in [4.69, 9.17) is 4.74 Å². The van der Waals surface area contributed by atoms with E-state index in [2.05, 4.69) is 24.4 Å². The number of carbonyl (C=O) groups is 1. The Kier molecular flexibility index (Phi) is 7.49. The standard InChI is InChI=1S/C21H26N2O2.ClH/c1-16-5-3-6-17(13-16)15-25-20-8-4-7-18(14-20)21(24)23-11-9-19(22-2)10-12-23;/h3-8,13-14,19,22H,9-12,15H2,1-2H3;1H. The summed E-state index contributed by atoms with van der Waals surface area (Å²) in [5.74, 6) is 0.827. The van der Waals surface area contributed by atoms with E-state index in [1.54, 1.807) is 0 Å². The minimum absolute atomic E-state index is 0. The maximum absolute atomic E-state index is 12.7. The van der Waals surface area contributed by atoms with E-state index in [0.717, 1.165) is 37.2 Å². The summed E-state index contributed by atoms with van der Waals surface area (Å²) < 4.78 is 5.88. The number of amides is 1. The van der Waals surface area contributed by atoms with E-state index >= 15 is 0 Å². The van der Waals surface area contributed by atoms with Crippen molar-refractivity contribution in [3.63, 3.8) is 0 Å². The molecule has 0 radical (unpaired) electrons. The Morgan fingerprint density at radius 3 is 2.58 bits per heavy atom. The fourth-order valence-electron chi connectivity index (χ4n) is 3.24. The Bertz CT molecular complexity index is 727. The van der Waals surface area contributed by atoms with Crippen LogP contribution in [0.1, 0.15) is 34.3 Å². The molecule has 2 aromatic rings. The zero-order chi connectivity index (χ0) is 17.6. The number of piperidine rings is 1. The summed E-state index contributed by atoms with van der Waals surface area (Å²) in [6.07, 6.45) is 2.01. The van der Waals surface area contributed by atoms with E-state index in [9.17, 15) is 4.79 Å². The number of benzene rings is 2. The zero-order valence-corrected chi connectivity index (χ0v) is 16.2. The second kappa shape index (κ2) is 9.60. The quantitative estimate of drug-likeness (QED) is 0.865. The van der Waals surface area contributed by atoms with E-state index < -0.39 is 0 Å². The van der Waals surface area contributed by atoms with Gasteiger partial charge in [0.15, 0.2) is 0 Å². The molecule has 0 saturated carbocycles. The van der Waals surface area contributed by atoms with Crippen LogP contribution in [0.4, 0.5) is 0 Å². The normalized spacial score (nSPS) is 14.6. The lowest BCUT2D eigenvalue weighted by atomic mass is 10.0. The molecule has 4 nitrogen and oxygen atoms in total. The molecule has 0 aromatic heterocycles. The molecule has 0 bridgehead atoms. The Morgan fingerprint density at radius 2 is 1.88 bits per heavy atom. The molecule has 3 rings (SSSR count). The summed E-state index contributed by atoms with van der Waals surface area (Å²) in [5.41, 5.74) is 3.05. The van der Waals surface area contributed by atoms with Crippen LogP contribution in [0.3, 0.4) is 0 Å². The van der Waals surface area contributed by atoms with Gasteiger partial charge in [-0.1, -0.05) is 35.9 Å². The largest absolute Gasteiger partial charge is 0.489 e. The predicted octanol–water partition coefficient (Wildman–Crippen LogP) is 3.82. The SMILES string of the molecule is CNC1CCN(C(=O)c2cccc(OCc3cccc(C)c3)c2)CC1.Cl. The minimum Gasteiger partial charge on any atom is -0.489 e. The Labute approximate surface area is 162 Å². The van der Waals surface area contributed by atoms with Gasteiger partial charge in [0.25, 0.3) is 5.91 Å². The van der Waals surface area contributed by atoms with Crippen molar-refractivity contribution in [2.75, 3.05) is 20.1 Å². The highest BCUT2D eigenvalue weighted by Crippen LogP contribution is 2.19. The van der Waals surface area contributed by atoms with Crippen molar-refractivity contribution < 1.29 is 9.53 Å². The predicted molar refractivity (Wildman–Crippen MR) is 107 cm³/mol. The van der Waals surface area contributed by atoms with Crippen LogP contribution in [0.2, 0.25) is 0 Å². The summed E-state index contributed by atoms with van der Waals surface area (Å²) in [5, 5.41) is 3.29. The first-order chi connectivity index (χ1) is 12.2. The molecule has 1 amide bonds. The summed E-state index contributed by atoms with van der Waals surface area (Å²) in [4.78, 5) is 14.7. The fourth-order valence-corrected chi connectivity index (χ4v) is 3.24. The number of nitrogens with zero attached hydrogens (tertiary/aromatic N) is 1. The van der Waals surface area contributed by atoms with Crippen molar-refractivity contribution in [3.05, 3.63) is 65.2 Å². The fraction of sp³-hybridized carbons (Fsp3) is 0.381. The summed E-state index contributed by atoms with van der Waals surface area (Å²) in [7, 11) is 1.98. The number of halogens is 1. The average Bonchev–Trinajstić information content (AvgIpc) is 2.66. The lowest BCUT2D eigenvalue weighted by molar-refractivity contribution is 0.0707. The number of carbonyl (C=O) groups excluding carboxylic acids is 1. The van der Waals surface area contributed by atoms with Crippen molar-refractivity contribution in [2.24, 2.45) is 0 Å². The second-order valence-corrected chi connectivity index (χ2v) is 6.66. The maximum Gasteiger partial charge on any atom is 0.253 e. The van der Waals surface area contributed by atoms with Gasteiger partial charge in [-0.15, -0.1) is 12.4 Å². The number of ether oxygens (including phenoxy) is 1. The highest BCUT2D eigenvalue weighted by Gasteiger charge is 2.22. The monoisotopic (exact) mass is 374 g/mol. The molecule has 1 aliphatic rings. The molecule has 140 valence electrons. The van der Waals surface area contributed by atoms with Crippen molar-refractivity contribution in [2.45, 2.75) is 32.4 Å². The number of rotatable bonds is 5. The van der Waals surface area contributed by atoms with Crippen molar-refractivity contribution in [3.8, 4) is 5.75 Å². The molecule has 1 heterocycles. The molecule has 0 unspecified atom stereocenters. The molecular weight excluding hydrogens is 348 g/mol. The number of hydrogen-bond acceptors (Lipinski definition) is 3. The molecule has 1 N–H and O–H groups in total. The third kappa shape index (κ3) is 5.23. The van der Waals surface area contributed by atoms with Gasteiger partial charge in [-0.2, -0.15) is 0 Å². The summed E-state index contributed by atoms with van der Waals surface area (Å²) in [6, 6.07) is 16.3. The van der Waals surface area contributed by atoms with Crippen LogP contribution in [-0.2, 0) is 6.61 Å². The van der Waals surface area contributed by atoms with Gasteiger partial charge >= 0.3 is 0 Å². The molecule has 0 atom stereocenters. The third-order valence-corrected chi connectivity index (χ3v) is 4.76. The van der Waals surface area contributed by atoms with Crippen molar-refractivity contribution in [1.29, 1.82) is 0 Å². The molecule has 0 aliphatic carbocycles. The van der Waals surface area contributed by atoms with Gasteiger partial charge in [0, 0.05) is 24.7 Å². The second-order valence-electron chi connectivity index (χ2n) is 6.66. The van der Waals surface area contributed by atoms with Gasteiger partial charge in [-0.05, 0) is 50.6 Å². The van der Waals surface area contributed by atoms with Gasteiger partial charge in [0.05, 0.1) is 0 Å². The molecule has 1 aliphatic heterocycles. The highest BCUT2D eigenvalue weighted by molar-refractivity contribution is 5.94. The van der Waals surface area contributed by atoms with Gasteiger partial charge < -0.3 is 15.0 Å². The first-order valence-electron chi connectivity index (χ1n) is 8.90. The van der Waals surface area contributed by atoms with Gasteiger partial charge in [-0.3, -0.25) is 4.79 Å². The minimum atomic E-state index is 0. The van der Waals surface area contributed by atoms with E-state index in [1.807, 2.05) is 48.3 Å². The molecular formula is C21H27ClN2O2. The zero-order valence-electron chi connectivity index (χ0n) is 15.4. The number of nitrogens with one attached hydrogen (secondary N) is 1. The third-order valence-electron chi connectivity index (χ3n) is 4.76. The lowest BCUT2D eigenvalue weighted by Gasteiger charge is -2.31. The number of aryl methyl sites for hydroxylation is 1. The molecule has 1 saturated heterocycles. The first-order valence-corrected chi connectivity index (χ1v) is 8.90. The number of likely N-dealkylation sites (tertiary alicyclic amines) is 1. The van der Waals surface area contributed by atoms with E-state index in [0.29, 0.717) is 18.2 Å². The molecule has 2 aromatic carbocycles. The average molecular weight is 375 g/mol. The summed E-state index contributed by atoms with van der Waals surface area (Å²) in [6.45, 7) is 4.18. The van der Waals surface area contributed by atoms with E-state index in [-0.39, 0.29) is 18.3 Å². The molecule has 26 heavy (non-hydrogen) atoms. The maximum atomic E-state index is 12.7. The van der Waals surface area contributed by atoms with Crippen LogP contribution in [0, 0.1) is 6.92 Å². The first kappa shape index (κ1) is 20.3. The van der Waals surface area contributed by atoms with Crippen LogP contribution in [0.25, 0.3) is 0 Å². The Morgan fingerprint density at radius 1 is 1.15 bits per heavy atom. The van der Waals surface area contributed by atoms with Gasteiger partial charge in [-0.25, -0.2) is 0 Å². The van der Waals surface area contributed by atoms with Crippen LogP contribution in [0.15, 0.2) is 48.5 Å². The molecule has 0 spiro atoms. The van der Waals surface area contributed by atoms with Crippen LogP contribution in [-0.4, -0.2) is 37.0 Å². The van der Waals surface area contributed by atoms with Crippen LogP contribution >= 0.6 is 12.4 Å². The Hall–Kier alpha value is -2.04. The molecule has 1 fully saturated rings. The highest BCUT2D eigenvalue weighted by atomic mass is 35.5. The smallest absolute Gasteiger partial charge is 0.253 e. The van der Waals surface area contributed by atoms with Crippen molar-refractivity contribution >= 4 is 18.3 Å². The number of hydrogen-bond donors (Lipinski definition) is 1. The van der Waals surface area contributed by atoms with Crippen LogP contribution < -0.4 is 10.1 Å². The van der Waals surface area contributed by atoms with Gasteiger partial charge in [0.2, 0.25) is 0 Å². The topological polar surface area (TPSA) is 41.6 Å². The van der Waals surface area contributed by atoms with Crippen LogP contribution in [0.5, 0.6) is 5.75 Å². The van der Waals surface area contributed by atoms with Crippen molar-refractivity contribution in [1.82, 2.24) is 10.2 Å². The Balaban J connectivity index is 0.00000243.